The van der Waals surface area contributed by atoms with Crippen LogP contribution in [0.25, 0.3) is 11.3 Å². The SMILES string of the molecule is N#Cc1cc(Sc2nc(-c3ccccc3)cs2)ccc1[N+](=O)[O-]. The molecular formula is C16H9N3O2S2. The van der Waals surface area contributed by atoms with Gasteiger partial charge in [0.05, 0.1) is 10.6 Å². The Kier molecular flexibility index (Phi) is 4.37. The summed E-state index contributed by atoms with van der Waals surface area (Å²) in [6.45, 7) is 0. The average Bonchev–Trinajstić information content (AvgIpc) is 3.04. The number of nitriles is 1. The molecule has 2 aromatic carbocycles. The third-order valence-corrected chi connectivity index (χ3v) is 4.97. The van der Waals surface area contributed by atoms with Gasteiger partial charge in [-0.1, -0.05) is 42.1 Å². The van der Waals surface area contributed by atoms with Gasteiger partial charge in [-0.3, -0.25) is 10.1 Å². The summed E-state index contributed by atoms with van der Waals surface area (Å²) in [4.78, 5) is 15.6. The lowest BCUT2D eigenvalue weighted by Gasteiger charge is -1.99. The molecule has 0 spiro atoms. The molecule has 7 heteroatoms. The fourth-order valence-electron chi connectivity index (χ4n) is 1.97. The Balaban J connectivity index is 1.85. The summed E-state index contributed by atoms with van der Waals surface area (Å²) >= 11 is 2.88. The summed E-state index contributed by atoms with van der Waals surface area (Å²) < 4.78 is 0.821. The molecule has 0 amide bonds. The lowest BCUT2D eigenvalue weighted by Crippen LogP contribution is -1.92. The zero-order valence-corrected chi connectivity index (χ0v) is 13.3. The molecule has 0 saturated heterocycles. The smallest absolute Gasteiger partial charge is 0.258 e. The topological polar surface area (TPSA) is 79.8 Å². The Hall–Kier alpha value is -2.69. The van der Waals surface area contributed by atoms with Gasteiger partial charge in [0.2, 0.25) is 0 Å². The van der Waals surface area contributed by atoms with Crippen LogP contribution in [0.1, 0.15) is 5.56 Å². The highest BCUT2D eigenvalue weighted by atomic mass is 32.2. The van der Waals surface area contributed by atoms with E-state index in [9.17, 15) is 10.1 Å². The molecule has 0 unspecified atom stereocenters. The summed E-state index contributed by atoms with van der Waals surface area (Å²) in [5.74, 6) is 0. The van der Waals surface area contributed by atoms with E-state index in [1.165, 1.54) is 35.2 Å². The van der Waals surface area contributed by atoms with E-state index in [-0.39, 0.29) is 11.3 Å². The fourth-order valence-corrected chi connectivity index (χ4v) is 3.81. The van der Waals surface area contributed by atoms with Crippen LogP contribution in [0.5, 0.6) is 0 Å². The number of nitro benzene ring substituents is 1. The Morgan fingerprint density at radius 2 is 2.00 bits per heavy atom. The van der Waals surface area contributed by atoms with E-state index in [0.29, 0.717) is 0 Å². The van der Waals surface area contributed by atoms with Gasteiger partial charge in [0, 0.05) is 21.9 Å². The van der Waals surface area contributed by atoms with E-state index < -0.39 is 4.92 Å². The number of thiazole rings is 1. The molecule has 5 nitrogen and oxygen atoms in total. The highest BCUT2D eigenvalue weighted by molar-refractivity contribution is 8.01. The molecule has 112 valence electrons. The first-order valence-corrected chi connectivity index (χ1v) is 8.24. The third kappa shape index (κ3) is 3.39. The van der Waals surface area contributed by atoms with Gasteiger partial charge in [0.1, 0.15) is 11.6 Å². The van der Waals surface area contributed by atoms with Crippen molar-refractivity contribution < 1.29 is 4.92 Å². The van der Waals surface area contributed by atoms with Crippen molar-refractivity contribution in [2.75, 3.05) is 0 Å². The van der Waals surface area contributed by atoms with E-state index in [1.54, 1.807) is 6.07 Å². The van der Waals surface area contributed by atoms with Gasteiger partial charge in [0.25, 0.3) is 5.69 Å². The lowest BCUT2D eigenvalue weighted by molar-refractivity contribution is -0.385. The maximum absolute atomic E-state index is 10.8. The first-order valence-electron chi connectivity index (χ1n) is 6.55. The van der Waals surface area contributed by atoms with Crippen molar-refractivity contribution in [2.24, 2.45) is 0 Å². The van der Waals surface area contributed by atoms with Crippen molar-refractivity contribution >= 4 is 28.8 Å². The number of aromatic nitrogens is 1. The molecule has 0 saturated carbocycles. The monoisotopic (exact) mass is 339 g/mol. The van der Waals surface area contributed by atoms with E-state index in [0.717, 1.165) is 20.5 Å². The number of hydrogen-bond donors (Lipinski definition) is 0. The van der Waals surface area contributed by atoms with Crippen LogP contribution in [0.15, 0.2) is 63.1 Å². The van der Waals surface area contributed by atoms with Crippen LogP contribution in [0.2, 0.25) is 0 Å². The molecule has 0 fully saturated rings. The van der Waals surface area contributed by atoms with Gasteiger partial charge >= 0.3 is 0 Å². The summed E-state index contributed by atoms with van der Waals surface area (Å²) in [6, 6.07) is 16.2. The van der Waals surface area contributed by atoms with Crippen LogP contribution in [-0.4, -0.2) is 9.91 Å². The molecule has 0 bridgehead atoms. The molecule has 1 heterocycles. The molecule has 3 rings (SSSR count). The molecule has 0 N–H and O–H groups in total. The van der Waals surface area contributed by atoms with Gasteiger partial charge in [-0.15, -0.1) is 11.3 Å². The summed E-state index contributed by atoms with van der Waals surface area (Å²) in [5, 5.41) is 21.8. The number of hydrogen-bond acceptors (Lipinski definition) is 6. The summed E-state index contributed by atoms with van der Waals surface area (Å²) in [6.07, 6.45) is 0. The molecular weight excluding hydrogens is 330 g/mol. The highest BCUT2D eigenvalue weighted by Crippen LogP contribution is 2.34. The van der Waals surface area contributed by atoms with Gasteiger partial charge in [-0.2, -0.15) is 5.26 Å². The minimum absolute atomic E-state index is 0.0554. The number of nitro groups is 1. The molecule has 0 radical (unpaired) electrons. The van der Waals surface area contributed by atoms with Crippen molar-refractivity contribution in [3.8, 4) is 17.3 Å². The Morgan fingerprint density at radius 3 is 2.70 bits per heavy atom. The minimum Gasteiger partial charge on any atom is -0.258 e. The zero-order chi connectivity index (χ0) is 16.2. The number of rotatable bonds is 4. The second kappa shape index (κ2) is 6.60. The second-order valence-corrected chi connectivity index (χ2v) is 6.69. The van der Waals surface area contributed by atoms with Crippen LogP contribution in [0.4, 0.5) is 5.69 Å². The predicted octanol–water partition coefficient (Wildman–Crippen LogP) is 4.74. The van der Waals surface area contributed by atoms with Crippen molar-refractivity contribution in [3.05, 3.63) is 69.6 Å². The highest BCUT2D eigenvalue weighted by Gasteiger charge is 2.15. The molecule has 3 aromatic rings. The Labute approximate surface area is 140 Å². The van der Waals surface area contributed by atoms with E-state index in [2.05, 4.69) is 4.98 Å². The first-order chi connectivity index (χ1) is 11.2. The van der Waals surface area contributed by atoms with Crippen LogP contribution in [0.3, 0.4) is 0 Å². The average molecular weight is 339 g/mol. The predicted molar refractivity (Wildman–Crippen MR) is 89.5 cm³/mol. The lowest BCUT2D eigenvalue weighted by atomic mass is 10.2. The molecule has 0 aliphatic heterocycles. The molecule has 23 heavy (non-hydrogen) atoms. The first kappa shape index (κ1) is 15.2. The van der Waals surface area contributed by atoms with E-state index in [1.807, 2.05) is 41.8 Å². The Bertz CT molecular complexity index is 901. The van der Waals surface area contributed by atoms with Crippen LogP contribution in [-0.2, 0) is 0 Å². The minimum atomic E-state index is -0.552. The van der Waals surface area contributed by atoms with Gasteiger partial charge in [-0.05, 0) is 12.1 Å². The van der Waals surface area contributed by atoms with E-state index in [4.69, 9.17) is 5.26 Å². The van der Waals surface area contributed by atoms with Gasteiger partial charge in [-0.25, -0.2) is 4.98 Å². The van der Waals surface area contributed by atoms with Crippen LogP contribution >= 0.6 is 23.1 Å². The van der Waals surface area contributed by atoms with Crippen molar-refractivity contribution in [3.63, 3.8) is 0 Å². The van der Waals surface area contributed by atoms with Crippen molar-refractivity contribution in [1.82, 2.24) is 4.98 Å². The number of benzene rings is 2. The largest absolute Gasteiger partial charge is 0.287 e. The zero-order valence-electron chi connectivity index (χ0n) is 11.7. The fraction of sp³-hybridized carbons (Fsp3) is 0. The van der Waals surface area contributed by atoms with E-state index >= 15 is 0 Å². The van der Waals surface area contributed by atoms with Crippen LogP contribution in [0, 0.1) is 21.4 Å². The molecule has 0 atom stereocenters. The quantitative estimate of drug-likeness (QED) is 0.506. The Morgan fingerprint density at radius 1 is 1.22 bits per heavy atom. The molecule has 0 aliphatic rings. The van der Waals surface area contributed by atoms with Crippen molar-refractivity contribution in [2.45, 2.75) is 9.24 Å². The maximum Gasteiger partial charge on any atom is 0.287 e. The third-order valence-electron chi connectivity index (χ3n) is 3.04. The standard InChI is InChI=1S/C16H9N3O2S2/c17-9-12-8-13(6-7-15(12)19(20)21)23-16-18-14(10-22-16)11-4-2-1-3-5-11/h1-8,10H. The summed E-state index contributed by atoms with van der Waals surface area (Å²) in [5.41, 5.74) is 1.80. The molecule has 0 aliphatic carbocycles. The van der Waals surface area contributed by atoms with Gasteiger partial charge < -0.3 is 0 Å². The second-order valence-electron chi connectivity index (χ2n) is 4.51. The summed E-state index contributed by atoms with van der Waals surface area (Å²) in [7, 11) is 0. The molecule has 1 aromatic heterocycles. The van der Waals surface area contributed by atoms with Gasteiger partial charge in [0.15, 0.2) is 4.34 Å². The number of nitrogens with zero attached hydrogens (tertiary/aromatic N) is 3. The van der Waals surface area contributed by atoms with Crippen molar-refractivity contribution in [1.29, 1.82) is 5.26 Å². The normalized spacial score (nSPS) is 10.2. The van der Waals surface area contributed by atoms with Crippen LogP contribution < -0.4 is 0 Å². The maximum atomic E-state index is 10.8.